The van der Waals surface area contributed by atoms with Crippen molar-refractivity contribution in [3.8, 4) is 6.07 Å². The molecule has 1 aliphatic heterocycles. The number of rotatable bonds is 3. The second-order valence-electron chi connectivity index (χ2n) is 4.43. The molecule has 1 amide bonds. The Morgan fingerprint density at radius 3 is 3.00 bits per heavy atom. The molecule has 0 aromatic carbocycles. The monoisotopic (exact) mass is 232 g/mol. The maximum atomic E-state index is 11.7. The molecule has 1 aromatic heterocycles. The van der Waals surface area contributed by atoms with E-state index in [4.69, 9.17) is 5.26 Å². The highest BCUT2D eigenvalue weighted by atomic mass is 16.2. The Hall–Kier alpha value is -1.83. The normalized spacial score (nSPS) is 19.7. The molecule has 0 bridgehead atoms. The average Bonchev–Trinajstić information content (AvgIpc) is 2.83. The minimum atomic E-state index is -0.149. The van der Waals surface area contributed by atoms with E-state index in [1.807, 2.05) is 13.2 Å². The Morgan fingerprint density at radius 2 is 2.41 bits per heavy atom. The first-order chi connectivity index (χ1) is 8.13. The van der Waals surface area contributed by atoms with Crippen molar-refractivity contribution in [3.05, 3.63) is 17.5 Å². The third kappa shape index (κ3) is 2.31. The number of hydrogen-bond donors (Lipinski definition) is 0. The van der Waals surface area contributed by atoms with Crippen molar-refractivity contribution in [2.24, 2.45) is 13.0 Å². The van der Waals surface area contributed by atoms with Crippen LogP contribution in [-0.2, 0) is 24.8 Å². The van der Waals surface area contributed by atoms with Crippen LogP contribution in [0.4, 0.5) is 0 Å². The highest BCUT2D eigenvalue weighted by molar-refractivity contribution is 5.79. The summed E-state index contributed by atoms with van der Waals surface area (Å²) < 4.78 is 1.77. The number of nitriles is 1. The molecular weight excluding hydrogens is 216 g/mol. The van der Waals surface area contributed by atoms with Crippen molar-refractivity contribution in [1.29, 1.82) is 5.26 Å². The third-order valence-electron chi connectivity index (χ3n) is 3.08. The van der Waals surface area contributed by atoms with Gasteiger partial charge in [0.2, 0.25) is 5.91 Å². The van der Waals surface area contributed by atoms with Crippen LogP contribution in [-0.4, -0.2) is 27.1 Å². The summed E-state index contributed by atoms with van der Waals surface area (Å²) in [6.07, 6.45) is 3.17. The van der Waals surface area contributed by atoms with Gasteiger partial charge in [-0.1, -0.05) is 6.92 Å². The lowest BCUT2D eigenvalue weighted by molar-refractivity contribution is -0.128. The van der Waals surface area contributed by atoms with Gasteiger partial charge in [-0.2, -0.15) is 10.4 Å². The van der Waals surface area contributed by atoms with Gasteiger partial charge in [0, 0.05) is 38.3 Å². The third-order valence-corrected chi connectivity index (χ3v) is 3.08. The van der Waals surface area contributed by atoms with Gasteiger partial charge in [-0.25, -0.2) is 0 Å². The smallest absolute Gasteiger partial charge is 0.224 e. The van der Waals surface area contributed by atoms with E-state index in [-0.39, 0.29) is 11.8 Å². The molecule has 0 spiro atoms. The van der Waals surface area contributed by atoms with Crippen LogP contribution in [0.15, 0.2) is 6.20 Å². The Bertz CT molecular complexity index is 471. The Morgan fingerprint density at radius 1 is 1.65 bits per heavy atom. The Kier molecular flexibility index (Phi) is 3.14. The van der Waals surface area contributed by atoms with Gasteiger partial charge in [0.25, 0.3) is 0 Å². The van der Waals surface area contributed by atoms with Crippen LogP contribution in [0.1, 0.15) is 24.6 Å². The number of aromatic nitrogens is 2. The van der Waals surface area contributed by atoms with Crippen molar-refractivity contribution in [1.82, 2.24) is 14.7 Å². The first-order valence-electron chi connectivity index (χ1n) is 5.82. The van der Waals surface area contributed by atoms with Gasteiger partial charge in [-0.15, -0.1) is 0 Å². The maximum absolute atomic E-state index is 11.7. The second-order valence-corrected chi connectivity index (χ2v) is 4.43. The van der Waals surface area contributed by atoms with E-state index in [0.717, 1.165) is 17.7 Å². The number of nitrogens with zero attached hydrogens (tertiary/aromatic N) is 4. The first kappa shape index (κ1) is 11.6. The average molecular weight is 232 g/mol. The molecule has 1 saturated heterocycles. The summed E-state index contributed by atoms with van der Waals surface area (Å²) in [7, 11) is 1.88. The second kappa shape index (κ2) is 4.58. The summed E-state index contributed by atoms with van der Waals surface area (Å²) in [5.74, 6) is -0.0771. The first-order valence-corrected chi connectivity index (χ1v) is 5.82. The van der Waals surface area contributed by atoms with Gasteiger partial charge in [-0.05, 0) is 6.42 Å². The fourth-order valence-corrected chi connectivity index (χ4v) is 2.23. The van der Waals surface area contributed by atoms with Crippen molar-refractivity contribution in [3.63, 3.8) is 0 Å². The zero-order valence-electron chi connectivity index (χ0n) is 10.2. The lowest BCUT2D eigenvalue weighted by Gasteiger charge is -2.15. The molecular formula is C12H16N4O. The molecule has 1 fully saturated rings. The molecule has 1 aromatic rings. The van der Waals surface area contributed by atoms with Gasteiger partial charge in [0.1, 0.15) is 0 Å². The Balaban J connectivity index is 2.11. The summed E-state index contributed by atoms with van der Waals surface area (Å²) in [5.41, 5.74) is 2.11. The van der Waals surface area contributed by atoms with Gasteiger partial charge < -0.3 is 4.90 Å². The van der Waals surface area contributed by atoms with E-state index in [0.29, 0.717) is 19.5 Å². The molecule has 0 radical (unpaired) electrons. The van der Waals surface area contributed by atoms with E-state index < -0.39 is 0 Å². The van der Waals surface area contributed by atoms with Crippen LogP contribution in [0.5, 0.6) is 0 Å². The molecule has 2 rings (SSSR count). The number of carbonyl (C=O) groups excluding carboxylic acids is 1. The molecule has 0 aliphatic carbocycles. The molecule has 5 nitrogen and oxygen atoms in total. The molecule has 1 atom stereocenters. The van der Waals surface area contributed by atoms with Crippen LogP contribution >= 0.6 is 0 Å². The summed E-state index contributed by atoms with van der Waals surface area (Å²) >= 11 is 0. The summed E-state index contributed by atoms with van der Waals surface area (Å²) in [4.78, 5) is 13.5. The van der Waals surface area contributed by atoms with Crippen LogP contribution in [0.2, 0.25) is 0 Å². The summed E-state index contributed by atoms with van der Waals surface area (Å²) in [6, 6.07) is 2.16. The van der Waals surface area contributed by atoms with E-state index in [1.165, 1.54) is 0 Å². The highest BCUT2D eigenvalue weighted by Gasteiger charge is 2.29. The lowest BCUT2D eigenvalue weighted by atomic mass is 10.1. The van der Waals surface area contributed by atoms with E-state index in [9.17, 15) is 4.79 Å². The molecule has 0 saturated carbocycles. The molecule has 5 heteroatoms. The van der Waals surface area contributed by atoms with E-state index >= 15 is 0 Å². The quantitative estimate of drug-likeness (QED) is 0.776. The largest absolute Gasteiger partial charge is 0.337 e. The highest BCUT2D eigenvalue weighted by Crippen LogP contribution is 2.20. The van der Waals surface area contributed by atoms with Gasteiger partial charge >= 0.3 is 0 Å². The summed E-state index contributed by atoms with van der Waals surface area (Å²) in [6.45, 7) is 3.18. The zero-order chi connectivity index (χ0) is 12.4. The number of amides is 1. The molecule has 1 aliphatic rings. The van der Waals surface area contributed by atoms with Crippen molar-refractivity contribution in [2.75, 3.05) is 6.54 Å². The van der Waals surface area contributed by atoms with Crippen LogP contribution < -0.4 is 0 Å². The topological polar surface area (TPSA) is 61.9 Å². The summed E-state index contributed by atoms with van der Waals surface area (Å²) in [5, 5.41) is 13.2. The van der Waals surface area contributed by atoms with Gasteiger partial charge in [-0.3, -0.25) is 9.48 Å². The minimum Gasteiger partial charge on any atom is -0.337 e. The van der Waals surface area contributed by atoms with Crippen LogP contribution in [0.25, 0.3) is 0 Å². The zero-order valence-corrected chi connectivity index (χ0v) is 10.2. The van der Waals surface area contributed by atoms with Crippen molar-refractivity contribution >= 4 is 5.91 Å². The Labute approximate surface area is 101 Å². The van der Waals surface area contributed by atoms with Gasteiger partial charge in [0.05, 0.1) is 17.7 Å². The van der Waals surface area contributed by atoms with Gasteiger partial charge in [0.15, 0.2) is 0 Å². The minimum absolute atomic E-state index is 0.0717. The van der Waals surface area contributed by atoms with Crippen LogP contribution in [0, 0.1) is 17.2 Å². The number of hydrogen-bond acceptors (Lipinski definition) is 3. The fraction of sp³-hybridized carbons (Fsp3) is 0.583. The number of aryl methyl sites for hydroxylation is 2. The fourth-order valence-electron chi connectivity index (χ4n) is 2.23. The molecule has 90 valence electrons. The predicted molar refractivity (Wildman–Crippen MR) is 61.7 cm³/mol. The predicted octanol–water partition coefficient (Wildman–Crippen LogP) is 0.855. The van der Waals surface area contributed by atoms with E-state index in [1.54, 1.807) is 9.58 Å². The molecule has 2 heterocycles. The number of carbonyl (C=O) groups is 1. The van der Waals surface area contributed by atoms with Crippen molar-refractivity contribution < 1.29 is 4.79 Å². The van der Waals surface area contributed by atoms with E-state index in [2.05, 4.69) is 18.1 Å². The number of likely N-dealkylation sites (tertiary alicyclic amines) is 1. The molecule has 1 unspecified atom stereocenters. The lowest BCUT2D eigenvalue weighted by Crippen LogP contribution is -2.24. The SMILES string of the molecule is CCc1nn(C)cc1CN1CC(C#N)CC1=O. The van der Waals surface area contributed by atoms with Crippen LogP contribution in [0.3, 0.4) is 0 Å². The maximum Gasteiger partial charge on any atom is 0.224 e. The standard InChI is InChI=1S/C12H16N4O/c1-3-11-10(7-15(2)14-11)8-16-6-9(5-13)4-12(16)17/h7,9H,3-4,6,8H2,1-2H3. The molecule has 17 heavy (non-hydrogen) atoms. The molecule has 0 N–H and O–H groups in total. The van der Waals surface area contributed by atoms with Crippen molar-refractivity contribution in [2.45, 2.75) is 26.3 Å².